The molecule has 0 saturated heterocycles. The number of hydrogen-bond donors (Lipinski definition) is 3. The number of carbonyl (C=O) groups is 1. The van der Waals surface area contributed by atoms with Crippen molar-refractivity contribution in [3.63, 3.8) is 0 Å². The molecule has 9 heteroatoms. The zero-order valence-corrected chi connectivity index (χ0v) is 18.8. The Bertz CT molecular complexity index is 1480. The lowest BCUT2D eigenvalue weighted by Gasteiger charge is -2.15. The Hall–Kier alpha value is -3.69. The fourth-order valence-corrected chi connectivity index (χ4v) is 5.53. The molecule has 168 valence electrons. The molecule has 1 atom stereocenters. The van der Waals surface area contributed by atoms with Crippen LogP contribution in [0.1, 0.15) is 0 Å². The molecule has 1 unspecified atom stereocenters. The van der Waals surface area contributed by atoms with Gasteiger partial charge < -0.3 is 10.2 Å². The molecule has 4 aromatic carbocycles. The molecule has 0 aliphatic heterocycles. The lowest BCUT2D eigenvalue weighted by molar-refractivity contribution is -0.133. The largest absolute Gasteiger partial charge is 0.506 e. The minimum atomic E-state index is -4.06. The molecule has 33 heavy (non-hydrogen) atoms. The number of rotatable bonds is 7. The van der Waals surface area contributed by atoms with Crippen LogP contribution >= 0.6 is 0 Å². The van der Waals surface area contributed by atoms with Gasteiger partial charge in [0.1, 0.15) is 11.5 Å². The first kappa shape index (κ1) is 22.5. The van der Waals surface area contributed by atoms with Crippen molar-refractivity contribution in [2.75, 3.05) is 10.5 Å². The van der Waals surface area contributed by atoms with Gasteiger partial charge in [0.15, 0.2) is 0 Å². The summed E-state index contributed by atoms with van der Waals surface area (Å²) in [7, 11) is -6.14. The SMILES string of the molecule is O=C(O)CS(=O)c1cc(NS(=O)(=O)c2cccc(-c3ccccc3)c2)c2ccccc2c1O. The van der Waals surface area contributed by atoms with Gasteiger partial charge in [-0.1, -0.05) is 66.7 Å². The van der Waals surface area contributed by atoms with E-state index in [4.69, 9.17) is 5.11 Å². The summed E-state index contributed by atoms with van der Waals surface area (Å²) in [6.45, 7) is 0. The van der Waals surface area contributed by atoms with Crippen LogP contribution in [0.25, 0.3) is 21.9 Å². The van der Waals surface area contributed by atoms with Gasteiger partial charge in [-0.25, -0.2) is 8.42 Å². The van der Waals surface area contributed by atoms with Gasteiger partial charge in [-0.15, -0.1) is 0 Å². The van der Waals surface area contributed by atoms with Crippen molar-refractivity contribution in [3.05, 3.63) is 84.9 Å². The van der Waals surface area contributed by atoms with Gasteiger partial charge in [-0.2, -0.15) is 0 Å². The number of fused-ring (bicyclic) bond motifs is 1. The number of anilines is 1. The number of sulfonamides is 1. The Balaban J connectivity index is 1.79. The molecule has 0 radical (unpaired) electrons. The fraction of sp³-hybridized carbons (Fsp3) is 0.0417. The predicted molar refractivity (Wildman–Crippen MR) is 127 cm³/mol. The molecule has 0 heterocycles. The number of carboxylic acid groups (broad SMARTS) is 1. The lowest BCUT2D eigenvalue weighted by atomic mass is 10.1. The summed E-state index contributed by atoms with van der Waals surface area (Å²) in [5, 5.41) is 20.2. The van der Waals surface area contributed by atoms with E-state index in [2.05, 4.69) is 4.72 Å². The number of aromatic hydroxyl groups is 1. The van der Waals surface area contributed by atoms with E-state index in [0.717, 1.165) is 11.1 Å². The minimum Gasteiger partial charge on any atom is -0.506 e. The smallest absolute Gasteiger partial charge is 0.316 e. The number of phenolic OH excluding ortho intramolecular Hbond substituents is 1. The molecule has 3 N–H and O–H groups in total. The second kappa shape index (κ2) is 9.05. The van der Waals surface area contributed by atoms with Gasteiger partial charge in [0.2, 0.25) is 0 Å². The summed E-state index contributed by atoms with van der Waals surface area (Å²) in [5.74, 6) is -2.38. The van der Waals surface area contributed by atoms with Gasteiger partial charge in [-0.3, -0.25) is 13.7 Å². The first-order valence-corrected chi connectivity index (χ1v) is 12.6. The summed E-state index contributed by atoms with van der Waals surface area (Å²) in [6.07, 6.45) is 0. The number of hydrogen-bond acceptors (Lipinski definition) is 5. The van der Waals surface area contributed by atoms with E-state index in [0.29, 0.717) is 5.39 Å². The van der Waals surface area contributed by atoms with E-state index in [1.807, 2.05) is 30.3 Å². The van der Waals surface area contributed by atoms with Crippen molar-refractivity contribution in [3.8, 4) is 16.9 Å². The molecular formula is C24H19NO6S2. The molecule has 0 aliphatic carbocycles. The molecule has 0 spiro atoms. The maximum Gasteiger partial charge on any atom is 0.316 e. The molecule has 0 amide bonds. The molecule has 7 nitrogen and oxygen atoms in total. The Morgan fingerprint density at radius 3 is 2.18 bits per heavy atom. The van der Waals surface area contributed by atoms with Crippen LogP contribution in [-0.4, -0.2) is 34.6 Å². The van der Waals surface area contributed by atoms with Gasteiger partial charge >= 0.3 is 5.97 Å². The number of aliphatic carboxylic acids is 1. The monoisotopic (exact) mass is 481 g/mol. The Morgan fingerprint density at radius 2 is 1.48 bits per heavy atom. The van der Waals surface area contributed by atoms with Crippen molar-refractivity contribution in [1.82, 2.24) is 0 Å². The number of nitrogens with one attached hydrogen (secondary N) is 1. The highest BCUT2D eigenvalue weighted by molar-refractivity contribution is 7.92. The fourth-order valence-electron chi connectivity index (χ4n) is 3.46. The summed E-state index contributed by atoms with van der Waals surface area (Å²) in [5.41, 5.74) is 1.66. The zero-order valence-electron chi connectivity index (χ0n) is 17.1. The van der Waals surface area contributed by atoms with E-state index in [1.165, 1.54) is 12.1 Å². The van der Waals surface area contributed by atoms with Gasteiger partial charge in [-0.05, 0) is 29.3 Å². The van der Waals surface area contributed by atoms with Crippen LogP contribution in [0.5, 0.6) is 5.75 Å². The third-order valence-electron chi connectivity index (χ3n) is 4.98. The highest BCUT2D eigenvalue weighted by Gasteiger charge is 2.22. The van der Waals surface area contributed by atoms with Crippen molar-refractivity contribution >= 4 is 43.3 Å². The van der Waals surface area contributed by atoms with Crippen LogP contribution in [0.4, 0.5) is 5.69 Å². The summed E-state index contributed by atoms with van der Waals surface area (Å²) < 4.78 is 41.5. The van der Waals surface area contributed by atoms with Gasteiger partial charge in [0.05, 0.1) is 26.3 Å². The lowest BCUT2D eigenvalue weighted by Crippen LogP contribution is -2.14. The number of benzene rings is 4. The first-order valence-electron chi connectivity index (χ1n) is 9.79. The molecule has 0 fully saturated rings. The highest BCUT2D eigenvalue weighted by Crippen LogP contribution is 2.37. The topological polar surface area (TPSA) is 121 Å². The van der Waals surface area contributed by atoms with Crippen LogP contribution in [0, 0.1) is 0 Å². The summed E-state index contributed by atoms with van der Waals surface area (Å²) in [4.78, 5) is 10.9. The van der Waals surface area contributed by atoms with E-state index in [1.54, 1.807) is 42.5 Å². The predicted octanol–water partition coefficient (Wildman–Crippen LogP) is 4.21. The molecule has 0 aliphatic rings. The van der Waals surface area contributed by atoms with Gasteiger partial charge in [0.25, 0.3) is 10.0 Å². The normalized spacial score (nSPS) is 12.4. The first-order chi connectivity index (χ1) is 15.8. The minimum absolute atomic E-state index is 0.0224. The molecule has 4 aromatic rings. The highest BCUT2D eigenvalue weighted by atomic mass is 32.2. The van der Waals surface area contributed by atoms with E-state index < -0.39 is 32.5 Å². The van der Waals surface area contributed by atoms with E-state index >= 15 is 0 Å². The van der Waals surface area contributed by atoms with Crippen molar-refractivity contribution in [2.24, 2.45) is 0 Å². The summed E-state index contributed by atoms with van der Waals surface area (Å²) >= 11 is 0. The maximum atomic E-state index is 13.2. The van der Waals surface area contributed by atoms with Crippen molar-refractivity contribution in [1.29, 1.82) is 0 Å². The second-order valence-corrected chi connectivity index (χ2v) is 10.3. The van der Waals surface area contributed by atoms with Crippen LogP contribution in [0.15, 0.2) is 94.7 Å². The van der Waals surface area contributed by atoms with Crippen LogP contribution in [-0.2, 0) is 25.6 Å². The maximum absolute atomic E-state index is 13.2. The third kappa shape index (κ3) is 4.74. The van der Waals surface area contributed by atoms with Crippen molar-refractivity contribution in [2.45, 2.75) is 9.79 Å². The van der Waals surface area contributed by atoms with E-state index in [-0.39, 0.29) is 26.6 Å². The van der Waals surface area contributed by atoms with Crippen LogP contribution in [0.3, 0.4) is 0 Å². The van der Waals surface area contributed by atoms with Gasteiger partial charge in [0, 0.05) is 10.8 Å². The average molecular weight is 482 g/mol. The second-order valence-electron chi connectivity index (χ2n) is 7.20. The van der Waals surface area contributed by atoms with Crippen LogP contribution in [0.2, 0.25) is 0 Å². The summed E-state index contributed by atoms with van der Waals surface area (Å²) in [6, 6.07) is 23.4. The number of carboxylic acids is 1. The Labute approximate surface area is 192 Å². The van der Waals surface area contributed by atoms with Crippen LogP contribution < -0.4 is 4.72 Å². The van der Waals surface area contributed by atoms with Crippen molar-refractivity contribution < 1.29 is 27.6 Å². The molecule has 4 rings (SSSR count). The quantitative estimate of drug-likeness (QED) is 0.340. The zero-order chi connectivity index (χ0) is 23.6. The number of phenols is 1. The Morgan fingerprint density at radius 1 is 0.848 bits per heavy atom. The molecular weight excluding hydrogens is 462 g/mol. The molecule has 0 aromatic heterocycles. The molecule has 0 bridgehead atoms. The third-order valence-corrected chi connectivity index (χ3v) is 7.65. The average Bonchev–Trinajstić information content (AvgIpc) is 2.81. The standard InChI is InChI=1S/C24H19NO6S2/c26-23(27)15-32(29)22-14-21(19-11-4-5-12-20(19)24(22)28)25-33(30,31)18-10-6-9-17(13-18)16-7-2-1-3-8-16/h1-14,25,28H,15H2,(H,26,27). The molecule has 0 saturated carbocycles. The van der Waals surface area contributed by atoms with E-state index in [9.17, 15) is 22.5 Å². The Kier molecular flexibility index (Phi) is 6.17.